The fraction of sp³-hybridized carbons (Fsp3) is 0.237. The number of benzene rings is 4. The van der Waals surface area contributed by atoms with Crippen LogP contribution in [0.25, 0.3) is 11.1 Å². The Labute approximate surface area is 296 Å². The fourth-order valence-electron chi connectivity index (χ4n) is 4.99. The number of amides is 2. The van der Waals surface area contributed by atoms with Gasteiger partial charge in [-0.2, -0.15) is 13.2 Å². The molecule has 0 saturated carbocycles. The molecule has 0 saturated heterocycles. The number of carboxylic acid groups (broad SMARTS) is 1. The molecule has 0 aliphatic rings. The Balaban J connectivity index is 1.59. The molecule has 4 aromatic carbocycles. The topological polar surface area (TPSA) is 149 Å². The van der Waals surface area contributed by atoms with Gasteiger partial charge in [0.1, 0.15) is 12.4 Å². The molecule has 0 aliphatic heterocycles. The molecule has 0 spiro atoms. The summed E-state index contributed by atoms with van der Waals surface area (Å²) < 4.78 is 55.1. The number of hydrogen-bond donors (Lipinski definition) is 2. The lowest BCUT2D eigenvalue weighted by Crippen LogP contribution is -2.50. The first-order valence-electron chi connectivity index (χ1n) is 15.9. The van der Waals surface area contributed by atoms with Gasteiger partial charge in [0.15, 0.2) is 0 Å². The lowest BCUT2D eigenvalue weighted by atomic mass is 9.81. The number of carbonyl (C=O) groups is 5. The van der Waals surface area contributed by atoms with E-state index in [0.29, 0.717) is 17.5 Å². The molecular weight excluding hydrogens is 685 g/mol. The molecule has 52 heavy (non-hydrogen) atoms. The Bertz CT molecular complexity index is 1950. The van der Waals surface area contributed by atoms with Crippen LogP contribution in [0.15, 0.2) is 97.1 Å². The zero-order valence-corrected chi connectivity index (χ0v) is 28.5. The highest BCUT2D eigenvalue weighted by Crippen LogP contribution is 2.33. The van der Waals surface area contributed by atoms with Crippen LogP contribution in [-0.4, -0.2) is 66.7 Å². The smallest absolute Gasteiger partial charge is 0.480 e. The Kier molecular flexibility index (Phi) is 12.1. The van der Waals surface area contributed by atoms with Crippen molar-refractivity contribution in [2.45, 2.75) is 38.0 Å². The molecule has 4 aromatic rings. The third-order valence-electron chi connectivity index (χ3n) is 8.04. The van der Waals surface area contributed by atoms with E-state index in [-0.39, 0.29) is 28.1 Å². The van der Waals surface area contributed by atoms with Crippen molar-refractivity contribution in [2.75, 3.05) is 26.0 Å². The number of nitrogens with zero attached hydrogens (tertiary/aromatic N) is 1. The Morgan fingerprint density at radius 3 is 2.06 bits per heavy atom. The molecule has 272 valence electrons. The van der Waals surface area contributed by atoms with Gasteiger partial charge in [-0.1, -0.05) is 67.6 Å². The first-order valence-corrected chi connectivity index (χ1v) is 15.9. The van der Waals surface area contributed by atoms with E-state index in [4.69, 9.17) is 14.2 Å². The molecular formula is C38H35F3N2O9. The second-order valence-corrected chi connectivity index (χ2v) is 11.8. The number of ether oxygens (including phenoxy) is 3. The summed E-state index contributed by atoms with van der Waals surface area (Å²) in [4.78, 5) is 66.7. The van der Waals surface area contributed by atoms with Crippen LogP contribution in [0.2, 0.25) is 0 Å². The van der Waals surface area contributed by atoms with E-state index in [1.54, 1.807) is 38.1 Å². The van der Waals surface area contributed by atoms with E-state index in [1.807, 2.05) is 0 Å². The van der Waals surface area contributed by atoms with Gasteiger partial charge in [0.05, 0.1) is 22.9 Å². The van der Waals surface area contributed by atoms with E-state index in [0.717, 1.165) is 18.2 Å². The highest BCUT2D eigenvalue weighted by atomic mass is 19.4. The highest BCUT2D eigenvalue weighted by molar-refractivity contribution is 6.12. The average molecular weight is 721 g/mol. The minimum atomic E-state index is -4.54. The van der Waals surface area contributed by atoms with Crippen LogP contribution < -0.4 is 10.1 Å². The molecule has 0 aliphatic carbocycles. The number of rotatable bonds is 12. The third-order valence-corrected chi connectivity index (χ3v) is 8.04. The molecule has 11 nitrogen and oxygen atoms in total. The molecule has 14 heteroatoms. The van der Waals surface area contributed by atoms with Crippen molar-refractivity contribution in [2.24, 2.45) is 0 Å². The quantitative estimate of drug-likeness (QED) is 0.0880. The second-order valence-electron chi connectivity index (χ2n) is 11.8. The summed E-state index contributed by atoms with van der Waals surface area (Å²) in [6.45, 7) is 2.34. The lowest BCUT2D eigenvalue weighted by molar-refractivity contribution is -0.167. The minimum absolute atomic E-state index is 0.00228. The Hall–Kier alpha value is -6.18. The summed E-state index contributed by atoms with van der Waals surface area (Å²) in [5.74, 6) is -4.29. The SMILES string of the molecule is CCC(C)OC(=O)C(COC(=O)Oc1ccc(NC(=O)c2ccccc2-c2ccc(C(F)(F)F)cc2)c(C(=O)N(C)C)c1)(C(=O)O)c1ccccc1. The monoisotopic (exact) mass is 720 g/mol. The van der Waals surface area contributed by atoms with Crippen LogP contribution >= 0.6 is 0 Å². The number of alkyl halides is 3. The van der Waals surface area contributed by atoms with Crippen molar-refractivity contribution in [1.82, 2.24) is 4.90 Å². The Morgan fingerprint density at radius 2 is 1.46 bits per heavy atom. The maximum Gasteiger partial charge on any atom is 0.513 e. The highest BCUT2D eigenvalue weighted by Gasteiger charge is 2.51. The first kappa shape index (κ1) is 38.6. The summed E-state index contributed by atoms with van der Waals surface area (Å²) in [5.41, 5.74) is -2.61. The fourth-order valence-corrected chi connectivity index (χ4v) is 4.99. The van der Waals surface area contributed by atoms with Crippen molar-refractivity contribution in [3.8, 4) is 16.9 Å². The predicted molar refractivity (Wildman–Crippen MR) is 183 cm³/mol. The molecule has 0 bridgehead atoms. The molecule has 2 unspecified atom stereocenters. The first-order chi connectivity index (χ1) is 24.6. The summed E-state index contributed by atoms with van der Waals surface area (Å²) in [6.07, 6.45) is -6.17. The summed E-state index contributed by atoms with van der Waals surface area (Å²) >= 11 is 0. The normalized spacial score (nSPS) is 12.8. The van der Waals surface area contributed by atoms with Crippen molar-refractivity contribution in [1.29, 1.82) is 0 Å². The van der Waals surface area contributed by atoms with Gasteiger partial charge in [-0.05, 0) is 66.4 Å². The van der Waals surface area contributed by atoms with Crippen LogP contribution in [0.4, 0.5) is 23.7 Å². The average Bonchev–Trinajstić information content (AvgIpc) is 3.12. The number of halogens is 3. The van der Waals surface area contributed by atoms with Crippen LogP contribution in [0.1, 0.15) is 52.1 Å². The molecule has 2 amide bonds. The largest absolute Gasteiger partial charge is 0.513 e. The minimum Gasteiger partial charge on any atom is -0.480 e. The molecule has 0 radical (unpaired) electrons. The molecule has 4 rings (SSSR count). The van der Waals surface area contributed by atoms with E-state index < -0.39 is 59.8 Å². The standard InChI is InChI=1S/C38H35F3N2O9/c1-5-23(2)51-35(48)37(34(46)47,25-11-7-6-8-12-25)22-50-36(49)52-27-19-20-31(30(21-27)33(45)43(3)4)42-32(44)29-14-10-9-13-28(29)24-15-17-26(18-16-24)38(39,40)41/h6-21,23H,5,22H2,1-4H3,(H,42,44)(H,46,47). The van der Waals surface area contributed by atoms with Crippen molar-refractivity contribution < 1.29 is 56.5 Å². The van der Waals surface area contributed by atoms with Crippen molar-refractivity contribution >= 4 is 35.6 Å². The van der Waals surface area contributed by atoms with Gasteiger partial charge in [0.2, 0.25) is 5.41 Å². The maximum atomic E-state index is 13.5. The Morgan fingerprint density at radius 1 is 0.827 bits per heavy atom. The molecule has 2 atom stereocenters. The second kappa shape index (κ2) is 16.2. The third kappa shape index (κ3) is 8.75. The maximum absolute atomic E-state index is 13.5. The van der Waals surface area contributed by atoms with Gasteiger partial charge >= 0.3 is 24.3 Å². The number of anilines is 1. The van der Waals surface area contributed by atoms with Gasteiger partial charge in [-0.3, -0.25) is 19.2 Å². The van der Waals surface area contributed by atoms with E-state index in [2.05, 4.69) is 5.32 Å². The summed E-state index contributed by atoms with van der Waals surface area (Å²) in [6, 6.07) is 21.6. The predicted octanol–water partition coefficient (Wildman–Crippen LogP) is 7.21. The van der Waals surface area contributed by atoms with Gasteiger partial charge < -0.3 is 29.5 Å². The lowest BCUT2D eigenvalue weighted by Gasteiger charge is -2.28. The van der Waals surface area contributed by atoms with Gasteiger partial charge in [0, 0.05) is 19.7 Å². The summed E-state index contributed by atoms with van der Waals surface area (Å²) in [5, 5.41) is 12.9. The van der Waals surface area contributed by atoms with Crippen LogP contribution in [0.5, 0.6) is 5.75 Å². The molecule has 2 N–H and O–H groups in total. The molecule has 0 aromatic heterocycles. The number of carbonyl (C=O) groups excluding carboxylic acids is 4. The zero-order valence-electron chi connectivity index (χ0n) is 28.5. The molecule has 0 heterocycles. The van der Waals surface area contributed by atoms with Gasteiger partial charge in [0.25, 0.3) is 11.8 Å². The van der Waals surface area contributed by atoms with E-state index in [1.165, 1.54) is 73.6 Å². The molecule has 0 fully saturated rings. The van der Waals surface area contributed by atoms with Crippen molar-refractivity contribution in [3.05, 3.63) is 119 Å². The number of hydrogen-bond acceptors (Lipinski definition) is 8. The van der Waals surface area contributed by atoms with E-state index >= 15 is 0 Å². The zero-order chi connectivity index (χ0) is 38.2. The summed E-state index contributed by atoms with van der Waals surface area (Å²) in [7, 11) is 2.90. The number of nitrogens with one attached hydrogen (secondary N) is 1. The number of carboxylic acids is 1. The van der Waals surface area contributed by atoms with E-state index in [9.17, 15) is 42.3 Å². The van der Waals surface area contributed by atoms with Crippen LogP contribution in [-0.2, 0) is 30.7 Å². The van der Waals surface area contributed by atoms with Gasteiger partial charge in [-0.15, -0.1) is 0 Å². The van der Waals surface area contributed by atoms with Crippen LogP contribution in [0.3, 0.4) is 0 Å². The number of aliphatic carboxylic acids is 1. The number of esters is 1. The van der Waals surface area contributed by atoms with Gasteiger partial charge in [-0.25, -0.2) is 4.79 Å². The van der Waals surface area contributed by atoms with Crippen molar-refractivity contribution in [3.63, 3.8) is 0 Å². The van der Waals surface area contributed by atoms with Crippen LogP contribution in [0, 0.1) is 0 Å².